The highest BCUT2D eigenvalue weighted by Crippen LogP contribution is 2.12. The first kappa shape index (κ1) is 13.9. The SMILES string of the molecule is C/C(=C\C(=O)O)CN(C)Cc1ccc(Br)cc1. The Morgan fingerprint density at radius 3 is 2.53 bits per heavy atom. The van der Waals surface area contributed by atoms with Gasteiger partial charge >= 0.3 is 5.97 Å². The zero-order valence-electron chi connectivity index (χ0n) is 9.98. The van der Waals surface area contributed by atoms with Gasteiger partial charge in [-0.25, -0.2) is 4.79 Å². The quantitative estimate of drug-likeness (QED) is 0.850. The van der Waals surface area contributed by atoms with Gasteiger partial charge in [-0.05, 0) is 31.7 Å². The van der Waals surface area contributed by atoms with E-state index >= 15 is 0 Å². The molecule has 0 spiro atoms. The zero-order valence-corrected chi connectivity index (χ0v) is 11.6. The molecule has 0 aromatic heterocycles. The first-order valence-electron chi connectivity index (χ1n) is 5.30. The van der Waals surface area contributed by atoms with Crippen molar-refractivity contribution < 1.29 is 9.90 Å². The second kappa shape index (κ2) is 6.57. The molecule has 0 atom stereocenters. The van der Waals surface area contributed by atoms with Crippen LogP contribution < -0.4 is 0 Å². The maximum absolute atomic E-state index is 10.5. The number of hydrogen-bond acceptors (Lipinski definition) is 2. The lowest BCUT2D eigenvalue weighted by Gasteiger charge is -2.16. The molecule has 0 fully saturated rings. The van der Waals surface area contributed by atoms with E-state index in [1.165, 1.54) is 11.6 Å². The molecule has 0 aliphatic rings. The standard InChI is InChI=1S/C13H16BrNO2/c1-10(7-13(16)17)8-15(2)9-11-3-5-12(14)6-4-11/h3-7H,8-9H2,1-2H3,(H,16,17)/b10-7+. The van der Waals surface area contributed by atoms with E-state index < -0.39 is 5.97 Å². The smallest absolute Gasteiger partial charge is 0.328 e. The summed E-state index contributed by atoms with van der Waals surface area (Å²) in [6.07, 6.45) is 1.25. The average molecular weight is 298 g/mol. The van der Waals surface area contributed by atoms with Gasteiger partial charge in [-0.2, -0.15) is 0 Å². The van der Waals surface area contributed by atoms with Crippen LogP contribution in [0.25, 0.3) is 0 Å². The Hall–Kier alpha value is -1.13. The second-order valence-corrected chi connectivity index (χ2v) is 5.04. The summed E-state index contributed by atoms with van der Waals surface area (Å²) in [6, 6.07) is 8.11. The monoisotopic (exact) mass is 297 g/mol. The summed E-state index contributed by atoms with van der Waals surface area (Å²) in [5.41, 5.74) is 2.05. The molecule has 17 heavy (non-hydrogen) atoms. The van der Waals surface area contributed by atoms with Crippen LogP contribution in [0.5, 0.6) is 0 Å². The molecule has 1 N–H and O–H groups in total. The Balaban J connectivity index is 2.52. The van der Waals surface area contributed by atoms with Gasteiger partial charge in [0.2, 0.25) is 0 Å². The molecule has 0 aliphatic heterocycles. The summed E-state index contributed by atoms with van der Waals surface area (Å²) in [5.74, 6) is -0.889. The van der Waals surface area contributed by atoms with Crippen molar-refractivity contribution in [3.63, 3.8) is 0 Å². The van der Waals surface area contributed by atoms with Crippen LogP contribution in [0.15, 0.2) is 40.4 Å². The van der Waals surface area contributed by atoms with Gasteiger partial charge in [0, 0.05) is 23.6 Å². The molecule has 0 amide bonds. The Bertz CT molecular complexity index is 412. The van der Waals surface area contributed by atoms with Crippen LogP contribution in [0, 0.1) is 0 Å². The molecule has 0 unspecified atom stereocenters. The highest BCUT2D eigenvalue weighted by molar-refractivity contribution is 9.10. The van der Waals surface area contributed by atoms with Crippen molar-refractivity contribution in [1.29, 1.82) is 0 Å². The van der Waals surface area contributed by atoms with E-state index in [1.807, 2.05) is 26.1 Å². The number of likely N-dealkylation sites (N-methyl/N-ethyl adjacent to an activating group) is 1. The largest absolute Gasteiger partial charge is 0.478 e. The molecule has 1 rings (SSSR count). The van der Waals surface area contributed by atoms with E-state index in [0.717, 1.165) is 16.6 Å². The fraction of sp³-hybridized carbons (Fsp3) is 0.308. The van der Waals surface area contributed by atoms with Gasteiger partial charge in [0.15, 0.2) is 0 Å². The van der Waals surface area contributed by atoms with Gasteiger partial charge in [0.05, 0.1) is 0 Å². The van der Waals surface area contributed by atoms with Crippen molar-refractivity contribution in [1.82, 2.24) is 4.90 Å². The Morgan fingerprint density at radius 2 is 2.00 bits per heavy atom. The predicted molar refractivity (Wildman–Crippen MR) is 71.9 cm³/mol. The Labute approximate surface area is 110 Å². The molecule has 1 aromatic carbocycles. The number of nitrogens with zero attached hydrogens (tertiary/aromatic N) is 1. The number of rotatable bonds is 5. The third-order valence-electron chi connectivity index (χ3n) is 2.25. The maximum atomic E-state index is 10.5. The van der Waals surface area contributed by atoms with Gasteiger partial charge < -0.3 is 5.11 Å². The number of hydrogen-bond donors (Lipinski definition) is 1. The van der Waals surface area contributed by atoms with Crippen molar-refractivity contribution >= 4 is 21.9 Å². The molecule has 0 saturated carbocycles. The number of halogens is 1. The molecule has 0 bridgehead atoms. The topological polar surface area (TPSA) is 40.5 Å². The second-order valence-electron chi connectivity index (χ2n) is 4.13. The molecule has 1 aromatic rings. The normalized spacial score (nSPS) is 11.9. The lowest BCUT2D eigenvalue weighted by molar-refractivity contribution is -0.131. The number of carboxylic acid groups (broad SMARTS) is 1. The molecule has 4 heteroatoms. The van der Waals surface area contributed by atoms with Crippen LogP contribution >= 0.6 is 15.9 Å². The highest BCUT2D eigenvalue weighted by atomic mass is 79.9. The van der Waals surface area contributed by atoms with Gasteiger partial charge in [0.1, 0.15) is 0 Å². The molecule has 0 saturated heterocycles. The number of benzene rings is 1. The Kier molecular flexibility index (Phi) is 5.38. The van der Waals surface area contributed by atoms with Crippen molar-refractivity contribution in [3.8, 4) is 0 Å². The summed E-state index contributed by atoms with van der Waals surface area (Å²) in [7, 11) is 1.97. The van der Waals surface area contributed by atoms with Crippen molar-refractivity contribution in [2.45, 2.75) is 13.5 Å². The zero-order chi connectivity index (χ0) is 12.8. The van der Waals surface area contributed by atoms with Gasteiger partial charge in [-0.1, -0.05) is 33.6 Å². The highest BCUT2D eigenvalue weighted by Gasteiger charge is 2.02. The van der Waals surface area contributed by atoms with Crippen molar-refractivity contribution in [2.24, 2.45) is 0 Å². The van der Waals surface area contributed by atoms with Crippen LogP contribution in [0.3, 0.4) is 0 Å². The van der Waals surface area contributed by atoms with Crippen molar-refractivity contribution in [3.05, 3.63) is 46.0 Å². The molecule has 0 radical (unpaired) electrons. The average Bonchev–Trinajstić information content (AvgIpc) is 2.19. The van der Waals surface area contributed by atoms with Crippen LogP contribution in [0.4, 0.5) is 0 Å². The van der Waals surface area contributed by atoms with Gasteiger partial charge in [-0.15, -0.1) is 0 Å². The summed E-state index contributed by atoms with van der Waals surface area (Å²) in [5, 5.41) is 8.62. The predicted octanol–water partition coefficient (Wildman–Crippen LogP) is 2.91. The van der Waals surface area contributed by atoms with E-state index in [2.05, 4.69) is 33.0 Å². The first-order chi connectivity index (χ1) is 7.97. The summed E-state index contributed by atoms with van der Waals surface area (Å²) >= 11 is 3.39. The van der Waals surface area contributed by atoms with Crippen LogP contribution in [0.2, 0.25) is 0 Å². The van der Waals surface area contributed by atoms with E-state index in [0.29, 0.717) is 6.54 Å². The summed E-state index contributed by atoms with van der Waals surface area (Å²) in [4.78, 5) is 12.6. The number of aliphatic carboxylic acids is 1. The van der Waals surface area contributed by atoms with Gasteiger partial charge in [-0.3, -0.25) is 4.90 Å². The van der Waals surface area contributed by atoms with Gasteiger partial charge in [0.25, 0.3) is 0 Å². The third kappa shape index (κ3) is 5.65. The van der Waals surface area contributed by atoms with Crippen LogP contribution in [-0.2, 0) is 11.3 Å². The lowest BCUT2D eigenvalue weighted by atomic mass is 10.2. The first-order valence-corrected chi connectivity index (χ1v) is 6.10. The molecule has 3 nitrogen and oxygen atoms in total. The molecule has 0 heterocycles. The maximum Gasteiger partial charge on any atom is 0.328 e. The third-order valence-corrected chi connectivity index (χ3v) is 2.78. The van der Waals surface area contributed by atoms with E-state index in [1.54, 1.807) is 0 Å². The molecular weight excluding hydrogens is 282 g/mol. The number of carbonyl (C=O) groups is 1. The summed E-state index contributed by atoms with van der Waals surface area (Å²) < 4.78 is 1.06. The fourth-order valence-electron chi connectivity index (χ4n) is 1.64. The minimum Gasteiger partial charge on any atom is -0.478 e. The molecule has 0 aliphatic carbocycles. The number of carboxylic acids is 1. The van der Waals surface area contributed by atoms with E-state index in [-0.39, 0.29) is 0 Å². The molecular formula is C13H16BrNO2. The fourth-order valence-corrected chi connectivity index (χ4v) is 1.90. The van der Waals surface area contributed by atoms with E-state index in [4.69, 9.17) is 5.11 Å². The van der Waals surface area contributed by atoms with Crippen molar-refractivity contribution in [2.75, 3.05) is 13.6 Å². The minimum atomic E-state index is -0.889. The Morgan fingerprint density at radius 1 is 1.41 bits per heavy atom. The molecule has 92 valence electrons. The summed E-state index contributed by atoms with van der Waals surface area (Å²) in [6.45, 7) is 3.28. The van der Waals surface area contributed by atoms with Crippen LogP contribution in [-0.4, -0.2) is 29.6 Å². The lowest BCUT2D eigenvalue weighted by Crippen LogP contribution is -2.20. The van der Waals surface area contributed by atoms with E-state index in [9.17, 15) is 4.79 Å². The minimum absolute atomic E-state index is 0.655. The van der Waals surface area contributed by atoms with Crippen LogP contribution in [0.1, 0.15) is 12.5 Å².